The van der Waals surface area contributed by atoms with E-state index in [9.17, 15) is 0 Å². The van der Waals surface area contributed by atoms with Crippen LogP contribution in [0.2, 0.25) is 0 Å². The van der Waals surface area contributed by atoms with Crippen molar-refractivity contribution in [2.45, 2.75) is 0 Å². The van der Waals surface area contributed by atoms with Gasteiger partial charge in [-0.2, -0.15) is 0 Å². The molecule has 224 valence electrons. The number of hydrogen-bond donors (Lipinski definition) is 0. The summed E-state index contributed by atoms with van der Waals surface area (Å²) in [7, 11) is 0. The molecule has 48 heavy (non-hydrogen) atoms. The van der Waals surface area contributed by atoms with Crippen LogP contribution < -0.4 is 0 Å². The van der Waals surface area contributed by atoms with Gasteiger partial charge in [0, 0.05) is 43.6 Å². The molecule has 0 atom stereocenters. The molecule has 0 saturated heterocycles. The Morgan fingerprint density at radius 2 is 0.917 bits per heavy atom. The Morgan fingerprint density at radius 1 is 0.354 bits per heavy atom. The van der Waals surface area contributed by atoms with Crippen LogP contribution in [-0.4, -0.2) is 19.9 Å². The molecule has 0 aliphatic heterocycles. The largest absolute Gasteiger partial charge is 0.455 e. The van der Waals surface area contributed by atoms with E-state index in [1.807, 2.05) is 103 Å². The molecule has 10 aromatic rings. The second-order valence-electron chi connectivity index (χ2n) is 11.8. The van der Waals surface area contributed by atoms with Crippen LogP contribution >= 0.6 is 0 Å². The zero-order chi connectivity index (χ0) is 31.6. The third kappa shape index (κ3) is 4.13. The summed E-state index contributed by atoms with van der Waals surface area (Å²) in [6, 6.07) is 48.7. The maximum Gasteiger partial charge on any atom is 0.167 e. The fraction of sp³-hybridized carbons (Fsp3) is 0. The van der Waals surface area contributed by atoms with Crippen molar-refractivity contribution in [3.63, 3.8) is 0 Å². The molecule has 4 aromatic heterocycles. The lowest BCUT2D eigenvalue weighted by Gasteiger charge is -2.10. The van der Waals surface area contributed by atoms with Crippen molar-refractivity contribution in [2.24, 2.45) is 0 Å². The van der Waals surface area contributed by atoms with Gasteiger partial charge >= 0.3 is 0 Å². The van der Waals surface area contributed by atoms with Crippen LogP contribution in [0.1, 0.15) is 0 Å². The normalized spacial score (nSPS) is 11.8. The van der Waals surface area contributed by atoms with E-state index in [2.05, 4.69) is 42.5 Å². The van der Waals surface area contributed by atoms with Gasteiger partial charge in [0.15, 0.2) is 23.1 Å². The maximum absolute atomic E-state index is 6.44. The molecule has 0 saturated carbocycles. The van der Waals surface area contributed by atoms with Gasteiger partial charge in [-0.3, -0.25) is 0 Å². The average Bonchev–Trinajstić information content (AvgIpc) is 3.74. The Hall–Kier alpha value is -6.66. The molecule has 0 bridgehead atoms. The predicted octanol–water partition coefficient (Wildman–Crippen LogP) is 10.9. The number of furan rings is 2. The number of pyridine rings is 1. The first kappa shape index (κ1) is 26.5. The topological polar surface area (TPSA) is 77.8 Å². The molecule has 0 fully saturated rings. The van der Waals surface area contributed by atoms with Crippen molar-refractivity contribution < 1.29 is 8.83 Å². The minimum absolute atomic E-state index is 0.549. The van der Waals surface area contributed by atoms with Gasteiger partial charge in [-0.05, 0) is 24.3 Å². The molecular weight excluding hydrogens is 592 g/mol. The number of aromatic nitrogens is 4. The second kappa shape index (κ2) is 10.4. The van der Waals surface area contributed by atoms with Gasteiger partial charge in [0.25, 0.3) is 0 Å². The summed E-state index contributed by atoms with van der Waals surface area (Å²) in [5, 5.41) is 5.31. The van der Waals surface area contributed by atoms with E-state index < -0.39 is 0 Å². The number of para-hydroxylation sites is 4. The van der Waals surface area contributed by atoms with Gasteiger partial charge in [-0.15, -0.1) is 0 Å². The van der Waals surface area contributed by atoms with E-state index in [0.29, 0.717) is 17.5 Å². The zero-order valence-electron chi connectivity index (χ0n) is 25.5. The van der Waals surface area contributed by atoms with E-state index >= 15 is 0 Å². The molecule has 0 amide bonds. The first-order chi connectivity index (χ1) is 23.8. The first-order valence-corrected chi connectivity index (χ1v) is 15.8. The smallest absolute Gasteiger partial charge is 0.167 e. The highest BCUT2D eigenvalue weighted by Gasteiger charge is 2.20. The van der Waals surface area contributed by atoms with Crippen LogP contribution in [0.4, 0.5) is 0 Å². The van der Waals surface area contributed by atoms with Crippen molar-refractivity contribution in [3.05, 3.63) is 146 Å². The third-order valence-corrected chi connectivity index (χ3v) is 8.95. The molecule has 4 heterocycles. The van der Waals surface area contributed by atoms with Crippen LogP contribution in [-0.2, 0) is 0 Å². The second-order valence-corrected chi connectivity index (χ2v) is 11.8. The molecule has 0 aliphatic carbocycles. The van der Waals surface area contributed by atoms with Gasteiger partial charge in [0.2, 0.25) is 0 Å². The Balaban J connectivity index is 1.14. The fourth-order valence-electron chi connectivity index (χ4n) is 6.67. The van der Waals surface area contributed by atoms with Crippen molar-refractivity contribution in [3.8, 4) is 45.4 Å². The number of fused-ring (bicyclic) bond motifs is 8. The number of rotatable bonds is 4. The summed E-state index contributed by atoms with van der Waals surface area (Å²) in [5.41, 5.74) is 8.43. The molecule has 0 spiro atoms. The van der Waals surface area contributed by atoms with Crippen molar-refractivity contribution in [1.29, 1.82) is 0 Å². The summed E-state index contributed by atoms with van der Waals surface area (Å²) >= 11 is 0. The lowest BCUT2D eigenvalue weighted by Crippen LogP contribution is -2.00. The minimum Gasteiger partial charge on any atom is -0.455 e. The zero-order valence-corrected chi connectivity index (χ0v) is 25.5. The van der Waals surface area contributed by atoms with Crippen LogP contribution in [0.25, 0.3) is 100 Å². The van der Waals surface area contributed by atoms with Gasteiger partial charge in [-0.1, -0.05) is 121 Å². The fourth-order valence-corrected chi connectivity index (χ4v) is 6.67. The van der Waals surface area contributed by atoms with E-state index in [1.54, 1.807) is 0 Å². The lowest BCUT2D eigenvalue weighted by molar-refractivity contribution is 0.668. The number of hydrogen-bond acceptors (Lipinski definition) is 6. The van der Waals surface area contributed by atoms with E-state index in [4.69, 9.17) is 28.8 Å². The molecule has 0 unspecified atom stereocenters. The molecule has 6 aromatic carbocycles. The number of nitrogens with zero attached hydrogens (tertiary/aromatic N) is 4. The molecule has 0 N–H and O–H groups in total. The standard InChI is InChI=1S/C42H24N4O2/c1-2-11-26(12-3-1)40-44-41(46-42(45-40)32-17-10-16-29-28-13-5-8-19-34(28)47-38(29)32)27-23-21-25(22-24-27)37-39-36(30-14-4-7-18-33(30)43-37)31-15-6-9-20-35(31)48-39/h1-24H. The maximum atomic E-state index is 6.44. The average molecular weight is 617 g/mol. The summed E-state index contributed by atoms with van der Waals surface area (Å²) in [4.78, 5) is 20.0. The highest BCUT2D eigenvalue weighted by molar-refractivity contribution is 6.20. The third-order valence-electron chi connectivity index (χ3n) is 8.95. The summed E-state index contributed by atoms with van der Waals surface area (Å²) in [6.07, 6.45) is 0. The Bertz CT molecular complexity index is 2840. The number of benzene rings is 6. The highest BCUT2D eigenvalue weighted by atomic mass is 16.3. The van der Waals surface area contributed by atoms with E-state index in [1.165, 1.54) is 0 Å². The lowest BCUT2D eigenvalue weighted by atomic mass is 10.0. The van der Waals surface area contributed by atoms with Gasteiger partial charge < -0.3 is 8.83 Å². The molecule has 0 aliphatic rings. The van der Waals surface area contributed by atoms with Gasteiger partial charge in [-0.25, -0.2) is 19.9 Å². The van der Waals surface area contributed by atoms with Crippen LogP contribution in [0, 0.1) is 0 Å². The Labute approximate surface area is 274 Å². The van der Waals surface area contributed by atoms with Crippen molar-refractivity contribution >= 4 is 54.8 Å². The van der Waals surface area contributed by atoms with Gasteiger partial charge in [0.05, 0.1) is 11.1 Å². The molecule has 6 nitrogen and oxygen atoms in total. The summed E-state index contributed by atoms with van der Waals surface area (Å²) in [6.45, 7) is 0. The van der Waals surface area contributed by atoms with Crippen LogP contribution in [0.3, 0.4) is 0 Å². The van der Waals surface area contributed by atoms with Crippen molar-refractivity contribution in [2.75, 3.05) is 0 Å². The predicted molar refractivity (Wildman–Crippen MR) is 191 cm³/mol. The molecule has 0 radical (unpaired) electrons. The minimum atomic E-state index is 0.549. The van der Waals surface area contributed by atoms with E-state index in [-0.39, 0.29) is 0 Å². The SMILES string of the molecule is c1ccc(-c2nc(-c3ccc(-c4nc5ccccc5c5c4oc4ccccc45)cc3)nc(-c3cccc4c3oc3ccccc34)n2)cc1. The Morgan fingerprint density at radius 3 is 1.71 bits per heavy atom. The van der Waals surface area contributed by atoms with Crippen molar-refractivity contribution in [1.82, 2.24) is 19.9 Å². The molecule has 10 rings (SSSR count). The Kier molecular flexibility index (Phi) is 5.77. The van der Waals surface area contributed by atoms with Gasteiger partial charge in [0.1, 0.15) is 22.4 Å². The summed E-state index contributed by atoms with van der Waals surface area (Å²) < 4.78 is 12.8. The highest BCUT2D eigenvalue weighted by Crippen LogP contribution is 2.40. The van der Waals surface area contributed by atoms with E-state index in [0.717, 1.165) is 82.7 Å². The molecule has 6 heteroatoms. The molecular formula is C42H24N4O2. The van der Waals surface area contributed by atoms with Crippen LogP contribution in [0.5, 0.6) is 0 Å². The van der Waals surface area contributed by atoms with Crippen LogP contribution in [0.15, 0.2) is 154 Å². The summed E-state index contributed by atoms with van der Waals surface area (Å²) in [5.74, 6) is 1.71. The quantitative estimate of drug-likeness (QED) is 0.196. The monoisotopic (exact) mass is 616 g/mol. The first-order valence-electron chi connectivity index (χ1n) is 15.8.